The van der Waals surface area contributed by atoms with E-state index in [1.807, 2.05) is 25.1 Å². The first-order valence-corrected chi connectivity index (χ1v) is 8.33. The molecule has 0 saturated carbocycles. The van der Waals surface area contributed by atoms with Crippen molar-refractivity contribution in [1.82, 2.24) is 4.98 Å². The van der Waals surface area contributed by atoms with Gasteiger partial charge in [0.15, 0.2) is 16.6 Å². The van der Waals surface area contributed by atoms with E-state index in [0.717, 1.165) is 11.1 Å². The van der Waals surface area contributed by atoms with Crippen LogP contribution in [-0.4, -0.2) is 28.6 Å². The number of aryl methyl sites for hydroxylation is 1. The number of nitrogen functional groups attached to an aromatic ring is 1. The minimum absolute atomic E-state index is 0.0576. The first-order chi connectivity index (χ1) is 11.5. The van der Waals surface area contributed by atoms with E-state index in [0.29, 0.717) is 23.0 Å². The minimum Gasteiger partial charge on any atom is -0.536 e. The Kier molecular flexibility index (Phi) is 4.54. The molecule has 9 heteroatoms. The fourth-order valence-electron chi connectivity index (χ4n) is 2.83. The van der Waals surface area contributed by atoms with Crippen LogP contribution in [0.15, 0.2) is 28.7 Å². The van der Waals surface area contributed by atoms with Gasteiger partial charge in [0.1, 0.15) is 11.4 Å². The van der Waals surface area contributed by atoms with Gasteiger partial charge in [-0.3, -0.25) is 4.79 Å². The van der Waals surface area contributed by atoms with E-state index in [1.54, 1.807) is 5.38 Å². The number of hydrogen-bond acceptors (Lipinski definition) is 8. The number of ketones is 1. The highest BCUT2D eigenvalue weighted by molar-refractivity contribution is 7.13. The molecule has 2 aromatic rings. The van der Waals surface area contributed by atoms with Crippen LogP contribution in [0.4, 0.5) is 5.13 Å². The Morgan fingerprint density at radius 2 is 2.38 bits per heavy atom. The van der Waals surface area contributed by atoms with E-state index in [-0.39, 0.29) is 23.7 Å². The van der Waals surface area contributed by atoms with Gasteiger partial charge in [-0.2, -0.15) is 5.10 Å². The maximum absolute atomic E-state index is 12.5. The Bertz CT molecular complexity index is 808. The van der Waals surface area contributed by atoms with Crippen molar-refractivity contribution in [3.8, 4) is 5.75 Å². The minimum atomic E-state index is -1.05. The van der Waals surface area contributed by atoms with Crippen molar-refractivity contribution in [2.24, 2.45) is 10.9 Å². The number of carbonyl (C=O) groups is 1. The van der Waals surface area contributed by atoms with E-state index >= 15 is 0 Å². The van der Waals surface area contributed by atoms with E-state index in [4.69, 9.17) is 16.2 Å². The van der Waals surface area contributed by atoms with E-state index in [2.05, 4.69) is 10.1 Å². The van der Waals surface area contributed by atoms with E-state index in [9.17, 15) is 9.82 Å². The van der Waals surface area contributed by atoms with Crippen LogP contribution in [-0.2, 0) is 11.2 Å². The van der Waals surface area contributed by atoms with Crippen molar-refractivity contribution in [3.05, 3.63) is 40.4 Å². The lowest BCUT2D eigenvalue weighted by Crippen LogP contribution is -2.36. The Balaban J connectivity index is 1.77. The number of Topliss-reactive ketones (excluding diaryl/α,β-unsaturated/α-hetero) is 1. The molecule has 1 aromatic heterocycles. The van der Waals surface area contributed by atoms with Crippen molar-refractivity contribution in [2.75, 3.05) is 5.73 Å². The summed E-state index contributed by atoms with van der Waals surface area (Å²) in [7, 11) is -1.05. The smallest absolute Gasteiger partial charge is 0.526 e. The summed E-state index contributed by atoms with van der Waals surface area (Å²) < 4.78 is 5.60. The van der Waals surface area contributed by atoms with Crippen molar-refractivity contribution >= 4 is 35.1 Å². The lowest BCUT2D eigenvalue weighted by atomic mass is 9.64. The SMILES string of the molecule is Cc1cccc2c1OB(O)[C@@H](CC(=O)C(=NN)c1csc(N)n1)C2. The molecule has 0 bridgehead atoms. The summed E-state index contributed by atoms with van der Waals surface area (Å²) in [5.74, 6) is 5.36. The number of nitrogens with zero attached hydrogens (tertiary/aromatic N) is 2. The molecule has 0 unspecified atom stereocenters. The number of benzene rings is 1. The fourth-order valence-corrected chi connectivity index (χ4v) is 3.38. The predicted octanol–water partition coefficient (Wildman–Crippen LogP) is 1.14. The molecular weight excluding hydrogens is 327 g/mol. The third-order valence-electron chi connectivity index (χ3n) is 4.02. The first-order valence-electron chi connectivity index (χ1n) is 7.45. The highest BCUT2D eigenvalue weighted by Gasteiger charge is 2.37. The van der Waals surface area contributed by atoms with Crippen molar-refractivity contribution in [3.63, 3.8) is 0 Å². The zero-order valence-electron chi connectivity index (χ0n) is 13.1. The number of rotatable bonds is 4. The maximum atomic E-state index is 12.5. The monoisotopic (exact) mass is 344 g/mol. The number of hydrazone groups is 1. The highest BCUT2D eigenvalue weighted by Crippen LogP contribution is 2.36. The van der Waals surface area contributed by atoms with Crippen LogP contribution in [0.1, 0.15) is 23.2 Å². The number of aromatic nitrogens is 1. The lowest BCUT2D eigenvalue weighted by Gasteiger charge is -2.28. The molecule has 3 rings (SSSR count). The number of anilines is 1. The van der Waals surface area contributed by atoms with Gasteiger partial charge in [0, 0.05) is 17.6 Å². The highest BCUT2D eigenvalue weighted by atomic mass is 32.1. The number of para-hydroxylation sites is 1. The summed E-state index contributed by atoms with van der Waals surface area (Å²) >= 11 is 1.21. The average molecular weight is 344 g/mol. The summed E-state index contributed by atoms with van der Waals surface area (Å²) in [5.41, 5.74) is 7.93. The van der Waals surface area contributed by atoms with Gasteiger partial charge in [-0.15, -0.1) is 11.3 Å². The van der Waals surface area contributed by atoms with Crippen LogP contribution in [0, 0.1) is 6.92 Å². The van der Waals surface area contributed by atoms with Gasteiger partial charge in [-0.05, 0) is 24.5 Å². The molecule has 1 aliphatic rings. The van der Waals surface area contributed by atoms with Crippen molar-refractivity contribution in [1.29, 1.82) is 0 Å². The predicted molar refractivity (Wildman–Crippen MR) is 94.1 cm³/mol. The molecule has 1 atom stereocenters. The molecule has 5 N–H and O–H groups in total. The summed E-state index contributed by atoms with van der Waals surface area (Å²) in [5, 5.41) is 15.8. The Morgan fingerprint density at radius 3 is 3.04 bits per heavy atom. The van der Waals surface area contributed by atoms with Crippen molar-refractivity contribution < 1.29 is 14.5 Å². The third kappa shape index (κ3) is 3.13. The Labute approximate surface area is 143 Å². The summed E-state index contributed by atoms with van der Waals surface area (Å²) in [6.07, 6.45) is 0.600. The van der Waals surface area contributed by atoms with Gasteiger partial charge in [0.05, 0.1) is 0 Å². The zero-order valence-corrected chi connectivity index (χ0v) is 13.9. The van der Waals surface area contributed by atoms with Gasteiger partial charge >= 0.3 is 7.12 Å². The molecule has 7 nitrogen and oxygen atoms in total. The van der Waals surface area contributed by atoms with E-state index < -0.39 is 7.12 Å². The molecule has 0 radical (unpaired) electrons. The molecule has 0 saturated heterocycles. The first kappa shape index (κ1) is 16.5. The van der Waals surface area contributed by atoms with Crippen LogP contribution < -0.4 is 16.2 Å². The molecule has 2 heterocycles. The Morgan fingerprint density at radius 1 is 1.58 bits per heavy atom. The molecule has 124 valence electrons. The van der Waals surface area contributed by atoms with E-state index in [1.165, 1.54) is 11.3 Å². The third-order valence-corrected chi connectivity index (χ3v) is 4.70. The van der Waals surface area contributed by atoms with Gasteiger partial charge in [0.2, 0.25) is 0 Å². The van der Waals surface area contributed by atoms with Crippen LogP contribution in [0.2, 0.25) is 5.82 Å². The average Bonchev–Trinajstić information content (AvgIpc) is 2.96. The second kappa shape index (κ2) is 6.62. The lowest BCUT2D eigenvalue weighted by molar-refractivity contribution is -0.113. The van der Waals surface area contributed by atoms with Gasteiger partial charge in [-0.1, -0.05) is 18.2 Å². The molecular formula is C15H17BN4O3S. The number of thiazole rings is 1. The summed E-state index contributed by atoms with van der Waals surface area (Å²) in [6.45, 7) is 1.92. The molecule has 0 spiro atoms. The van der Waals surface area contributed by atoms with Crippen LogP contribution in [0.3, 0.4) is 0 Å². The number of nitrogens with two attached hydrogens (primary N) is 2. The zero-order chi connectivity index (χ0) is 17.3. The Hall–Kier alpha value is -2.39. The van der Waals surface area contributed by atoms with Crippen LogP contribution >= 0.6 is 11.3 Å². The second-order valence-corrected chi connectivity index (χ2v) is 6.60. The van der Waals surface area contributed by atoms with Crippen LogP contribution in [0.25, 0.3) is 0 Å². The fraction of sp³-hybridized carbons (Fsp3) is 0.267. The van der Waals surface area contributed by atoms with Crippen LogP contribution in [0.5, 0.6) is 5.75 Å². The number of carbonyl (C=O) groups excluding carboxylic acids is 1. The molecule has 1 aromatic carbocycles. The second-order valence-electron chi connectivity index (χ2n) is 5.71. The topological polar surface area (TPSA) is 124 Å². The summed E-state index contributed by atoms with van der Waals surface area (Å²) in [4.78, 5) is 16.6. The number of hydrogen-bond donors (Lipinski definition) is 3. The summed E-state index contributed by atoms with van der Waals surface area (Å²) in [6, 6.07) is 5.78. The van der Waals surface area contributed by atoms with Gasteiger partial charge < -0.3 is 21.3 Å². The maximum Gasteiger partial charge on any atom is 0.526 e. The quantitative estimate of drug-likeness (QED) is 0.331. The largest absolute Gasteiger partial charge is 0.536 e. The molecule has 0 fully saturated rings. The molecule has 0 aliphatic carbocycles. The standard InChI is InChI=1S/C15H17BN4O3S/c1-8-3-2-4-9-5-10(16(22)23-14(8)9)6-12(21)13(20-18)11-7-24-15(17)19-11/h2-4,7,10,22H,5-6,18H2,1H3,(H2,17,19)/t10-/m1/s1. The van der Waals surface area contributed by atoms with Gasteiger partial charge in [-0.25, -0.2) is 4.98 Å². The normalized spacial score (nSPS) is 17.3. The van der Waals surface area contributed by atoms with Crippen molar-refractivity contribution in [2.45, 2.75) is 25.6 Å². The molecule has 1 aliphatic heterocycles. The van der Waals surface area contributed by atoms with Gasteiger partial charge in [0.25, 0.3) is 0 Å². The number of fused-ring (bicyclic) bond motifs is 1. The molecule has 24 heavy (non-hydrogen) atoms. The molecule has 0 amide bonds.